The van der Waals surface area contributed by atoms with E-state index in [4.69, 9.17) is 9.84 Å². The molecule has 6 nitrogen and oxygen atoms in total. The van der Waals surface area contributed by atoms with Gasteiger partial charge in [0.25, 0.3) is 0 Å². The number of rotatable bonds is 1. The second-order valence-corrected chi connectivity index (χ2v) is 5.54. The van der Waals surface area contributed by atoms with Gasteiger partial charge in [-0.2, -0.15) is 10.2 Å². The summed E-state index contributed by atoms with van der Waals surface area (Å²) in [5, 5.41) is 13.9. The molecule has 19 heavy (non-hydrogen) atoms. The Bertz CT molecular complexity index is 623. The van der Waals surface area contributed by atoms with Gasteiger partial charge < -0.3 is 10.1 Å². The summed E-state index contributed by atoms with van der Waals surface area (Å²) in [6.07, 6.45) is 3.73. The maximum Gasteiger partial charge on any atom is 0.182 e. The predicted molar refractivity (Wildman–Crippen MR) is 72.4 cm³/mol. The van der Waals surface area contributed by atoms with Crippen molar-refractivity contribution in [2.24, 2.45) is 7.05 Å². The summed E-state index contributed by atoms with van der Waals surface area (Å²) in [6, 6.07) is 0.366. The van der Waals surface area contributed by atoms with Crippen molar-refractivity contribution in [1.82, 2.24) is 19.6 Å². The van der Waals surface area contributed by atoms with Crippen molar-refractivity contribution in [2.75, 3.05) is 18.5 Å². The summed E-state index contributed by atoms with van der Waals surface area (Å²) in [6.45, 7) is 3.92. The van der Waals surface area contributed by atoms with Gasteiger partial charge in [0.2, 0.25) is 0 Å². The van der Waals surface area contributed by atoms with Gasteiger partial charge in [-0.25, -0.2) is 9.36 Å². The van der Waals surface area contributed by atoms with Crippen molar-refractivity contribution in [3.05, 3.63) is 5.69 Å². The number of hydrogen-bond acceptors (Lipinski definition) is 4. The molecule has 0 aromatic carbocycles. The minimum Gasteiger partial charge on any atom is -0.376 e. The Morgan fingerprint density at radius 3 is 3.00 bits per heavy atom. The number of nitrogens with one attached hydrogen (secondary N) is 1. The number of ether oxygens (including phenoxy) is 1. The van der Waals surface area contributed by atoms with Crippen LogP contribution in [0.3, 0.4) is 0 Å². The topological polar surface area (TPSA) is 56.9 Å². The van der Waals surface area contributed by atoms with Crippen molar-refractivity contribution in [3.63, 3.8) is 0 Å². The Hall–Kier alpha value is -1.56. The maximum absolute atomic E-state index is 5.87. The number of aryl methyl sites for hydroxylation is 2. The first-order chi connectivity index (χ1) is 9.25. The molecule has 0 spiro atoms. The lowest BCUT2D eigenvalue weighted by Crippen LogP contribution is -2.32. The second-order valence-electron chi connectivity index (χ2n) is 5.54. The van der Waals surface area contributed by atoms with Crippen LogP contribution in [-0.4, -0.2) is 38.8 Å². The Kier molecular flexibility index (Phi) is 2.35. The highest BCUT2D eigenvalue weighted by atomic mass is 16.5. The van der Waals surface area contributed by atoms with E-state index in [1.54, 1.807) is 0 Å². The first-order valence-electron chi connectivity index (χ1n) is 7.03. The van der Waals surface area contributed by atoms with Crippen LogP contribution in [0.1, 0.15) is 31.0 Å². The van der Waals surface area contributed by atoms with Crippen molar-refractivity contribution in [1.29, 1.82) is 0 Å². The molecule has 0 bridgehead atoms. The van der Waals surface area contributed by atoms with Crippen molar-refractivity contribution < 1.29 is 4.74 Å². The highest BCUT2D eigenvalue weighted by Crippen LogP contribution is 2.36. The highest BCUT2D eigenvalue weighted by Gasteiger charge is 2.33. The average Bonchev–Trinajstić information content (AvgIpc) is 3.09. The molecule has 2 unspecified atom stereocenters. The van der Waals surface area contributed by atoms with Gasteiger partial charge in [0.05, 0.1) is 23.2 Å². The van der Waals surface area contributed by atoms with Gasteiger partial charge in [0.1, 0.15) is 5.82 Å². The lowest BCUT2D eigenvalue weighted by atomic mass is 10.0. The third-order valence-electron chi connectivity index (χ3n) is 4.30. The predicted octanol–water partition coefficient (Wildman–Crippen LogP) is 1.61. The van der Waals surface area contributed by atoms with Crippen LogP contribution in [0.25, 0.3) is 11.0 Å². The van der Waals surface area contributed by atoms with Crippen LogP contribution in [0.4, 0.5) is 5.82 Å². The zero-order valence-corrected chi connectivity index (χ0v) is 11.4. The molecule has 2 aliphatic heterocycles. The molecule has 102 valence electrons. The molecule has 0 saturated carbocycles. The monoisotopic (exact) mass is 261 g/mol. The minimum atomic E-state index is 0.323. The third kappa shape index (κ3) is 1.52. The van der Waals surface area contributed by atoms with Crippen LogP contribution in [0.5, 0.6) is 0 Å². The quantitative estimate of drug-likeness (QED) is 0.847. The van der Waals surface area contributed by atoms with Gasteiger partial charge in [0.15, 0.2) is 5.65 Å². The molecule has 0 radical (unpaired) electrons. The molecule has 2 aliphatic rings. The molecule has 0 amide bonds. The van der Waals surface area contributed by atoms with Crippen LogP contribution in [-0.2, 0) is 11.8 Å². The van der Waals surface area contributed by atoms with Gasteiger partial charge >= 0.3 is 0 Å². The van der Waals surface area contributed by atoms with Gasteiger partial charge in [-0.1, -0.05) is 0 Å². The summed E-state index contributed by atoms with van der Waals surface area (Å²) in [7, 11) is 1.95. The fraction of sp³-hybridized carbons (Fsp3) is 0.692. The van der Waals surface area contributed by atoms with Gasteiger partial charge in [-0.15, -0.1) is 0 Å². The lowest BCUT2D eigenvalue weighted by molar-refractivity contribution is 0.0594. The smallest absolute Gasteiger partial charge is 0.182 e. The SMILES string of the molecule is Cc1nn(C)c2nn3c(c12)NCCC3C1CCCO1. The lowest BCUT2D eigenvalue weighted by Gasteiger charge is -2.29. The van der Waals surface area contributed by atoms with E-state index >= 15 is 0 Å². The van der Waals surface area contributed by atoms with Gasteiger partial charge in [0, 0.05) is 20.2 Å². The van der Waals surface area contributed by atoms with E-state index in [0.29, 0.717) is 12.1 Å². The zero-order chi connectivity index (χ0) is 13.0. The molecule has 4 rings (SSSR count). The Morgan fingerprint density at radius 1 is 1.32 bits per heavy atom. The fourth-order valence-corrected chi connectivity index (χ4v) is 3.42. The molecule has 1 fully saturated rings. The summed E-state index contributed by atoms with van der Waals surface area (Å²) in [5.41, 5.74) is 2.00. The van der Waals surface area contributed by atoms with Crippen LogP contribution >= 0.6 is 0 Å². The summed E-state index contributed by atoms with van der Waals surface area (Å²) in [4.78, 5) is 0. The third-order valence-corrected chi connectivity index (χ3v) is 4.30. The largest absolute Gasteiger partial charge is 0.376 e. The first kappa shape index (κ1) is 11.3. The van der Waals surface area contributed by atoms with Crippen LogP contribution in [0.15, 0.2) is 0 Å². The van der Waals surface area contributed by atoms with Gasteiger partial charge in [-0.3, -0.25) is 0 Å². The standard InChI is InChI=1S/C13H19N5O/c1-8-11-12-14-6-5-9(10-4-3-7-19-10)18(12)16-13(11)17(2)15-8/h9-10,14H,3-7H2,1-2H3. The number of aromatic nitrogens is 4. The fourth-order valence-electron chi connectivity index (χ4n) is 3.42. The molecular weight excluding hydrogens is 242 g/mol. The Balaban J connectivity index is 1.86. The molecule has 4 heterocycles. The molecule has 1 saturated heterocycles. The summed E-state index contributed by atoms with van der Waals surface area (Å²) in [5.74, 6) is 1.12. The van der Waals surface area contributed by atoms with Gasteiger partial charge in [-0.05, 0) is 26.2 Å². The van der Waals surface area contributed by atoms with Crippen LogP contribution < -0.4 is 5.32 Å². The minimum absolute atomic E-state index is 0.323. The first-order valence-corrected chi connectivity index (χ1v) is 7.03. The van der Waals surface area contributed by atoms with E-state index in [1.165, 1.54) is 6.42 Å². The molecule has 2 atom stereocenters. The van der Waals surface area contributed by atoms with E-state index in [0.717, 1.165) is 48.5 Å². The van der Waals surface area contributed by atoms with Crippen LogP contribution in [0, 0.1) is 6.92 Å². The Morgan fingerprint density at radius 2 is 2.21 bits per heavy atom. The summed E-state index contributed by atoms with van der Waals surface area (Å²) >= 11 is 0. The highest BCUT2D eigenvalue weighted by molar-refractivity contribution is 5.90. The van der Waals surface area contributed by atoms with E-state index in [2.05, 4.69) is 15.1 Å². The number of nitrogens with zero attached hydrogens (tertiary/aromatic N) is 4. The van der Waals surface area contributed by atoms with Crippen molar-refractivity contribution >= 4 is 16.9 Å². The van der Waals surface area contributed by atoms with Crippen molar-refractivity contribution in [3.8, 4) is 0 Å². The van der Waals surface area contributed by atoms with Crippen molar-refractivity contribution in [2.45, 2.75) is 38.3 Å². The van der Waals surface area contributed by atoms with E-state index in [9.17, 15) is 0 Å². The molecule has 2 aromatic heterocycles. The molecule has 0 aliphatic carbocycles. The normalized spacial score (nSPS) is 26.6. The zero-order valence-electron chi connectivity index (χ0n) is 11.4. The summed E-state index contributed by atoms with van der Waals surface area (Å²) < 4.78 is 9.87. The van der Waals surface area contributed by atoms with E-state index in [1.807, 2.05) is 18.7 Å². The van der Waals surface area contributed by atoms with E-state index in [-0.39, 0.29) is 0 Å². The molecule has 6 heteroatoms. The van der Waals surface area contributed by atoms with E-state index < -0.39 is 0 Å². The van der Waals surface area contributed by atoms with Crippen LogP contribution in [0.2, 0.25) is 0 Å². The maximum atomic E-state index is 5.87. The molecular formula is C13H19N5O. The molecule has 1 N–H and O–H groups in total. The molecule has 2 aromatic rings. The number of fused-ring (bicyclic) bond motifs is 3. The average molecular weight is 261 g/mol. The number of hydrogen-bond donors (Lipinski definition) is 1. The number of anilines is 1. The Labute approximate surface area is 111 Å². The second kappa shape index (κ2) is 3.96.